The second-order valence-corrected chi connectivity index (χ2v) is 3.19. The molecule has 0 saturated heterocycles. The van der Waals surface area contributed by atoms with Crippen LogP contribution in [-0.2, 0) is 4.79 Å². The van der Waals surface area contributed by atoms with Gasteiger partial charge in [0.05, 0.1) is 6.20 Å². The number of carboxylic acid groups (broad SMARTS) is 1. The van der Waals surface area contributed by atoms with E-state index in [0.717, 1.165) is 11.8 Å². The van der Waals surface area contributed by atoms with Crippen molar-refractivity contribution in [1.29, 1.82) is 0 Å². The van der Waals surface area contributed by atoms with E-state index in [1.54, 1.807) is 6.92 Å². The van der Waals surface area contributed by atoms with Gasteiger partial charge in [0, 0.05) is 0 Å². The van der Waals surface area contributed by atoms with Crippen LogP contribution in [0, 0.1) is 0 Å². The molecule has 0 spiro atoms. The summed E-state index contributed by atoms with van der Waals surface area (Å²) in [5.74, 6) is -0.867. The monoisotopic (exact) mass is 173 g/mol. The van der Waals surface area contributed by atoms with Crippen LogP contribution in [0.2, 0.25) is 0 Å². The Kier molecular flexibility index (Phi) is 2.53. The number of hydrogen-bond donors (Lipinski definition) is 1. The molecule has 0 aliphatic rings. The van der Waals surface area contributed by atoms with Gasteiger partial charge in [-0.3, -0.25) is 4.79 Å². The van der Waals surface area contributed by atoms with Crippen molar-refractivity contribution in [3.8, 4) is 0 Å². The number of aliphatic carboxylic acids is 1. The van der Waals surface area contributed by atoms with Crippen LogP contribution in [0.5, 0.6) is 0 Å². The van der Waals surface area contributed by atoms with Gasteiger partial charge in [0.2, 0.25) is 0 Å². The lowest BCUT2D eigenvalue weighted by molar-refractivity contribution is -0.136. The molecule has 0 aliphatic heterocycles. The van der Waals surface area contributed by atoms with Gasteiger partial charge in [-0.25, -0.2) is 4.98 Å². The van der Waals surface area contributed by atoms with Crippen molar-refractivity contribution >= 4 is 17.7 Å². The third-order valence-corrected chi connectivity index (χ3v) is 1.99. The zero-order valence-corrected chi connectivity index (χ0v) is 6.67. The average molecular weight is 173 g/mol. The predicted octanol–water partition coefficient (Wildman–Crippen LogP) is 1.24. The van der Waals surface area contributed by atoms with Gasteiger partial charge in [-0.2, -0.15) is 0 Å². The fourth-order valence-corrected chi connectivity index (χ4v) is 1.11. The highest BCUT2D eigenvalue weighted by Crippen LogP contribution is 2.20. The summed E-state index contributed by atoms with van der Waals surface area (Å²) in [6, 6.07) is 0. The van der Waals surface area contributed by atoms with Gasteiger partial charge in [0.15, 0.2) is 0 Å². The van der Waals surface area contributed by atoms with E-state index in [0.29, 0.717) is 5.22 Å². The maximum Gasteiger partial charge on any atom is 0.316 e. The van der Waals surface area contributed by atoms with Crippen LogP contribution in [-0.4, -0.2) is 21.3 Å². The number of hydrogen-bond acceptors (Lipinski definition) is 4. The largest absolute Gasteiger partial charge is 0.480 e. The van der Waals surface area contributed by atoms with Crippen LogP contribution in [0.1, 0.15) is 6.92 Å². The Morgan fingerprint density at radius 1 is 1.91 bits per heavy atom. The summed E-state index contributed by atoms with van der Waals surface area (Å²) in [5, 5.41) is 8.36. The first-order valence-corrected chi connectivity index (χ1v) is 3.87. The Labute approximate surface area is 67.6 Å². The van der Waals surface area contributed by atoms with Crippen molar-refractivity contribution in [2.75, 3.05) is 0 Å². The van der Waals surface area contributed by atoms with E-state index >= 15 is 0 Å². The third-order valence-electron chi connectivity index (χ3n) is 1.04. The molecule has 1 atom stereocenters. The maximum absolute atomic E-state index is 10.3. The van der Waals surface area contributed by atoms with Crippen LogP contribution in [0.15, 0.2) is 22.1 Å². The first kappa shape index (κ1) is 8.13. The summed E-state index contributed by atoms with van der Waals surface area (Å²) >= 11 is 1.08. The molecule has 4 nitrogen and oxygen atoms in total. The molecule has 0 radical (unpaired) electrons. The number of carbonyl (C=O) groups is 1. The SMILES string of the molecule is CC(Sc1ncco1)C(=O)O. The van der Waals surface area contributed by atoms with Gasteiger partial charge in [-0.05, 0) is 6.92 Å². The third kappa shape index (κ3) is 2.27. The molecule has 11 heavy (non-hydrogen) atoms. The van der Waals surface area contributed by atoms with Gasteiger partial charge in [0.1, 0.15) is 11.5 Å². The number of carboxylic acids is 1. The van der Waals surface area contributed by atoms with Crippen LogP contribution >= 0.6 is 11.8 Å². The van der Waals surface area contributed by atoms with Crippen molar-refractivity contribution in [1.82, 2.24) is 4.98 Å². The van der Waals surface area contributed by atoms with Gasteiger partial charge < -0.3 is 9.52 Å². The Balaban J connectivity index is 2.50. The summed E-state index contributed by atoms with van der Waals surface area (Å²) in [4.78, 5) is 14.1. The number of rotatable bonds is 3. The van der Waals surface area contributed by atoms with Crippen molar-refractivity contribution in [3.63, 3.8) is 0 Å². The molecule has 1 aromatic heterocycles. The van der Waals surface area contributed by atoms with Crippen molar-refractivity contribution in [2.24, 2.45) is 0 Å². The predicted molar refractivity (Wildman–Crippen MR) is 39.5 cm³/mol. The molecule has 0 fully saturated rings. The van der Waals surface area contributed by atoms with Gasteiger partial charge >= 0.3 is 5.97 Å². The Hall–Kier alpha value is -0.970. The first-order chi connectivity index (χ1) is 5.20. The highest BCUT2D eigenvalue weighted by Gasteiger charge is 2.14. The maximum atomic E-state index is 10.3. The molecular formula is C6H7NO3S. The number of oxazole rings is 1. The topological polar surface area (TPSA) is 63.3 Å². The average Bonchev–Trinajstić information content (AvgIpc) is 2.39. The minimum atomic E-state index is -0.867. The van der Waals surface area contributed by atoms with Gasteiger partial charge in [-0.1, -0.05) is 11.8 Å². The molecule has 1 aromatic rings. The summed E-state index contributed by atoms with van der Waals surface area (Å²) in [5.41, 5.74) is 0. The summed E-state index contributed by atoms with van der Waals surface area (Å²) in [6.45, 7) is 1.58. The van der Waals surface area contributed by atoms with Gasteiger partial charge in [-0.15, -0.1) is 0 Å². The molecular weight excluding hydrogens is 166 g/mol. The van der Waals surface area contributed by atoms with E-state index in [1.165, 1.54) is 12.5 Å². The Morgan fingerprint density at radius 3 is 3.09 bits per heavy atom. The lowest BCUT2D eigenvalue weighted by atomic mass is 10.5. The molecule has 1 rings (SSSR count). The zero-order valence-electron chi connectivity index (χ0n) is 5.85. The highest BCUT2D eigenvalue weighted by atomic mass is 32.2. The molecule has 0 aromatic carbocycles. The van der Waals surface area contributed by atoms with Crippen LogP contribution in [0.3, 0.4) is 0 Å². The summed E-state index contributed by atoms with van der Waals surface area (Å²) in [6.07, 6.45) is 2.90. The van der Waals surface area contributed by atoms with Crippen molar-refractivity contribution in [3.05, 3.63) is 12.5 Å². The molecule has 0 amide bonds. The Morgan fingerprint density at radius 2 is 2.64 bits per heavy atom. The van der Waals surface area contributed by atoms with E-state index < -0.39 is 11.2 Å². The molecule has 1 heterocycles. The second-order valence-electron chi connectivity index (χ2n) is 1.90. The van der Waals surface area contributed by atoms with Crippen molar-refractivity contribution < 1.29 is 14.3 Å². The van der Waals surface area contributed by atoms with E-state index in [9.17, 15) is 4.79 Å². The van der Waals surface area contributed by atoms with Crippen LogP contribution in [0.4, 0.5) is 0 Å². The van der Waals surface area contributed by atoms with Crippen molar-refractivity contribution in [2.45, 2.75) is 17.4 Å². The molecule has 0 aliphatic carbocycles. The fourth-order valence-electron chi connectivity index (χ4n) is 0.470. The lowest BCUT2D eigenvalue weighted by Crippen LogP contribution is -2.10. The second kappa shape index (κ2) is 3.43. The quantitative estimate of drug-likeness (QED) is 0.696. The number of nitrogens with zero attached hydrogens (tertiary/aromatic N) is 1. The minimum absolute atomic E-state index is 0.389. The highest BCUT2D eigenvalue weighted by molar-refractivity contribution is 8.00. The molecule has 5 heteroatoms. The summed E-state index contributed by atoms with van der Waals surface area (Å²) < 4.78 is 4.84. The number of thioether (sulfide) groups is 1. The zero-order chi connectivity index (χ0) is 8.27. The fraction of sp³-hybridized carbons (Fsp3) is 0.333. The molecule has 0 bridgehead atoms. The van der Waals surface area contributed by atoms with E-state index in [4.69, 9.17) is 9.52 Å². The normalized spacial score (nSPS) is 12.8. The minimum Gasteiger partial charge on any atom is -0.480 e. The van der Waals surface area contributed by atoms with E-state index in [2.05, 4.69) is 4.98 Å². The van der Waals surface area contributed by atoms with E-state index in [1.807, 2.05) is 0 Å². The van der Waals surface area contributed by atoms with Gasteiger partial charge in [0.25, 0.3) is 5.22 Å². The molecule has 1 N–H and O–H groups in total. The van der Waals surface area contributed by atoms with Crippen LogP contribution < -0.4 is 0 Å². The Bertz CT molecular complexity index is 234. The molecule has 0 saturated carbocycles. The number of aromatic nitrogens is 1. The summed E-state index contributed by atoms with van der Waals surface area (Å²) in [7, 11) is 0. The first-order valence-electron chi connectivity index (χ1n) is 2.99. The molecule has 1 unspecified atom stereocenters. The lowest BCUT2D eigenvalue weighted by Gasteiger charge is -1.99. The molecule has 60 valence electrons. The van der Waals surface area contributed by atoms with Crippen LogP contribution in [0.25, 0.3) is 0 Å². The van der Waals surface area contributed by atoms with E-state index in [-0.39, 0.29) is 0 Å². The smallest absolute Gasteiger partial charge is 0.316 e. The standard InChI is InChI=1S/C6H7NO3S/c1-4(5(8)9)11-6-7-2-3-10-6/h2-4H,1H3,(H,8,9).